The molecule has 2 aromatic heterocycles. The zero-order chi connectivity index (χ0) is 51.0. The van der Waals surface area contributed by atoms with E-state index in [1.54, 1.807) is 60.1 Å². The molecule has 73 heavy (non-hydrogen) atoms. The topological polar surface area (TPSA) is 190 Å². The molecular weight excluding hydrogens is 923 g/mol. The van der Waals surface area contributed by atoms with E-state index in [9.17, 15) is 23.5 Å². The number of anilines is 2. The number of rotatable bonds is 18. The van der Waals surface area contributed by atoms with Crippen LogP contribution in [0.15, 0.2) is 152 Å². The van der Waals surface area contributed by atoms with E-state index in [1.807, 2.05) is 85.8 Å². The molecule has 9 N–H and O–H groups in total. The average Bonchev–Trinajstić information content (AvgIpc) is 4.35. The second-order valence-corrected chi connectivity index (χ2v) is 18.8. The van der Waals surface area contributed by atoms with E-state index >= 15 is 0 Å². The van der Waals surface area contributed by atoms with Gasteiger partial charge in [0.2, 0.25) is 0 Å². The second-order valence-electron chi connectivity index (χ2n) is 18.8. The van der Waals surface area contributed by atoms with Crippen molar-refractivity contribution in [2.24, 2.45) is 23.3 Å². The maximum atomic E-state index is 14.9. The van der Waals surface area contributed by atoms with Gasteiger partial charge in [-0.15, -0.1) is 0 Å². The number of halogens is 2. The van der Waals surface area contributed by atoms with Crippen molar-refractivity contribution in [3.05, 3.63) is 219 Å². The minimum atomic E-state index is -0.553. The van der Waals surface area contributed by atoms with Crippen LogP contribution < -0.4 is 32.7 Å². The number of nitrogens with zero attached hydrogens (tertiary/aromatic N) is 4. The van der Waals surface area contributed by atoms with Crippen LogP contribution >= 0.6 is 0 Å². The highest BCUT2D eigenvalue weighted by Gasteiger charge is 2.27. The Hall–Kier alpha value is -7.82. The molecule has 13 nitrogen and oxygen atoms in total. The third-order valence-electron chi connectivity index (χ3n) is 13.0. The quantitative estimate of drug-likeness (QED) is 0.0439. The van der Waals surface area contributed by atoms with E-state index in [2.05, 4.69) is 43.6 Å². The molecule has 0 spiro atoms. The first kappa shape index (κ1) is 50.1. The van der Waals surface area contributed by atoms with Crippen molar-refractivity contribution in [1.82, 2.24) is 30.2 Å². The van der Waals surface area contributed by atoms with Gasteiger partial charge in [-0.05, 0) is 159 Å². The Bertz CT molecular complexity index is 3220. The van der Waals surface area contributed by atoms with Gasteiger partial charge in [-0.1, -0.05) is 84.9 Å². The molecular formula is C58H60F2N10O3. The van der Waals surface area contributed by atoms with Gasteiger partial charge in [-0.25, -0.2) is 18.1 Å². The van der Waals surface area contributed by atoms with Crippen molar-refractivity contribution < 1.29 is 23.5 Å². The zero-order valence-electron chi connectivity index (χ0n) is 40.9. The van der Waals surface area contributed by atoms with E-state index in [-0.39, 0.29) is 34.9 Å². The van der Waals surface area contributed by atoms with Crippen LogP contribution in [-0.2, 0) is 13.1 Å². The van der Waals surface area contributed by atoms with Crippen molar-refractivity contribution in [2.75, 3.05) is 23.7 Å². The molecule has 0 radical (unpaired) electrons. The van der Waals surface area contributed by atoms with Gasteiger partial charge in [0.05, 0.1) is 46.2 Å². The third-order valence-corrected chi connectivity index (χ3v) is 13.0. The number of phenols is 1. The Morgan fingerprint density at radius 1 is 0.575 bits per heavy atom. The zero-order valence-corrected chi connectivity index (χ0v) is 40.9. The second kappa shape index (κ2) is 22.7. The summed E-state index contributed by atoms with van der Waals surface area (Å²) in [6, 6.07) is 44.6. The number of benzene rings is 6. The van der Waals surface area contributed by atoms with Gasteiger partial charge in [0.15, 0.2) is 0 Å². The summed E-state index contributed by atoms with van der Waals surface area (Å²) in [6.45, 7) is 6.05. The van der Waals surface area contributed by atoms with Gasteiger partial charge >= 0.3 is 0 Å². The first-order valence-electron chi connectivity index (χ1n) is 24.7. The average molecular weight is 983 g/mol. The predicted octanol–water partition coefficient (Wildman–Crippen LogP) is 9.95. The maximum Gasteiger partial charge on any atom is 0.274 e. The lowest BCUT2D eigenvalue weighted by Gasteiger charge is -2.22. The number of amides is 2. The van der Waals surface area contributed by atoms with Gasteiger partial charge in [-0.2, -0.15) is 10.2 Å². The molecule has 8 aromatic rings. The van der Waals surface area contributed by atoms with E-state index in [0.29, 0.717) is 53.3 Å². The molecule has 2 atom stereocenters. The number of aryl methyl sites for hydroxylation is 2. The highest BCUT2D eigenvalue weighted by molar-refractivity contribution is 6.04. The Labute approximate surface area is 423 Å². The molecule has 2 aliphatic rings. The molecule has 2 aliphatic carbocycles. The summed E-state index contributed by atoms with van der Waals surface area (Å²) < 4.78 is 32.9. The Kier molecular flexibility index (Phi) is 15.6. The fraction of sp³-hybridized carbons (Fsp3) is 0.241. The first-order valence-corrected chi connectivity index (χ1v) is 24.7. The number of phenolic OH excluding ortho intramolecular Hbond substituents is 1. The number of carbonyl (C=O) groups is 2. The third kappa shape index (κ3) is 12.4. The molecule has 2 amide bonds. The Balaban J connectivity index is 0.000000180. The van der Waals surface area contributed by atoms with E-state index in [4.69, 9.17) is 11.5 Å². The summed E-state index contributed by atoms with van der Waals surface area (Å²) in [5, 5.41) is 32.1. The number of aromatic hydroxyl groups is 1. The summed E-state index contributed by atoms with van der Waals surface area (Å²) in [7, 11) is 0. The van der Waals surface area contributed by atoms with E-state index in [0.717, 1.165) is 46.6 Å². The number of para-hydroxylation sites is 1. The highest BCUT2D eigenvalue weighted by Crippen LogP contribution is 2.35. The van der Waals surface area contributed by atoms with Crippen LogP contribution in [-0.4, -0.2) is 49.6 Å². The van der Waals surface area contributed by atoms with E-state index in [1.165, 1.54) is 42.5 Å². The number of carbonyl (C=O) groups excluding carboxylic acids is 2. The van der Waals surface area contributed by atoms with Crippen LogP contribution in [0, 0.1) is 37.3 Å². The molecule has 6 aromatic carbocycles. The first-order chi connectivity index (χ1) is 35.4. The number of hydrogen-bond acceptors (Lipinski definition) is 9. The summed E-state index contributed by atoms with van der Waals surface area (Å²) >= 11 is 0. The molecule has 0 aliphatic heterocycles. The van der Waals surface area contributed by atoms with Crippen molar-refractivity contribution >= 4 is 23.2 Å². The lowest BCUT2D eigenvalue weighted by Crippen LogP contribution is -2.25. The van der Waals surface area contributed by atoms with Crippen LogP contribution in [0.25, 0.3) is 11.4 Å². The fourth-order valence-corrected chi connectivity index (χ4v) is 8.78. The molecule has 0 bridgehead atoms. The SMILES string of the molecule is Cc1cc(C(=O)Nc2cc(C(NCC3CC3)c3ccccc3)ccc2F)n(-c2cccc(CN)c2)n1.Cc1cc(C(=O)Nc2cc(C(NCC3CC3)c3ccccc3O)ccc2F)n(-c2cccc(CN)c2)n1. The van der Waals surface area contributed by atoms with Crippen LogP contribution in [0.5, 0.6) is 5.75 Å². The van der Waals surface area contributed by atoms with Crippen molar-refractivity contribution in [2.45, 2.75) is 64.7 Å². The summed E-state index contributed by atoms with van der Waals surface area (Å²) in [6.07, 6.45) is 4.82. The maximum absolute atomic E-state index is 14.9. The molecule has 0 saturated heterocycles. The van der Waals surface area contributed by atoms with Crippen LogP contribution in [0.4, 0.5) is 20.2 Å². The van der Waals surface area contributed by atoms with Gasteiger partial charge in [0.25, 0.3) is 11.8 Å². The lowest BCUT2D eigenvalue weighted by molar-refractivity contribution is 0.101. The van der Waals surface area contributed by atoms with Crippen molar-refractivity contribution in [1.29, 1.82) is 0 Å². The molecule has 2 unspecified atom stereocenters. The van der Waals surface area contributed by atoms with E-state index < -0.39 is 23.4 Å². The summed E-state index contributed by atoms with van der Waals surface area (Å²) in [5.41, 5.74) is 20.3. The smallest absolute Gasteiger partial charge is 0.274 e. The molecule has 15 heteroatoms. The normalized spacial score (nSPS) is 13.9. The molecule has 374 valence electrons. The molecule has 2 saturated carbocycles. The van der Waals surface area contributed by atoms with Gasteiger partial charge in [0.1, 0.15) is 28.8 Å². The minimum absolute atomic E-state index is 0.0530. The fourth-order valence-electron chi connectivity index (χ4n) is 8.78. The van der Waals surface area contributed by atoms with Crippen LogP contribution in [0.3, 0.4) is 0 Å². The summed E-state index contributed by atoms with van der Waals surface area (Å²) in [4.78, 5) is 26.7. The molecule has 10 rings (SSSR count). The minimum Gasteiger partial charge on any atom is -0.508 e. The van der Waals surface area contributed by atoms with Gasteiger partial charge in [0, 0.05) is 18.7 Å². The Morgan fingerprint density at radius 3 is 1.52 bits per heavy atom. The largest absolute Gasteiger partial charge is 0.508 e. The number of nitrogens with one attached hydrogen (secondary N) is 4. The number of hydrogen-bond donors (Lipinski definition) is 7. The van der Waals surface area contributed by atoms with Crippen molar-refractivity contribution in [3.8, 4) is 17.1 Å². The van der Waals surface area contributed by atoms with Gasteiger partial charge < -0.3 is 37.8 Å². The molecule has 2 heterocycles. The Morgan fingerprint density at radius 2 is 1.04 bits per heavy atom. The summed E-state index contributed by atoms with van der Waals surface area (Å²) in [5.74, 6) is -0.514. The van der Waals surface area contributed by atoms with Gasteiger partial charge in [-0.3, -0.25) is 9.59 Å². The number of aromatic nitrogens is 4. The van der Waals surface area contributed by atoms with Crippen LogP contribution in [0.2, 0.25) is 0 Å². The molecule has 2 fully saturated rings. The lowest BCUT2D eigenvalue weighted by atomic mass is 9.97. The monoisotopic (exact) mass is 982 g/mol. The van der Waals surface area contributed by atoms with Crippen molar-refractivity contribution in [3.63, 3.8) is 0 Å². The number of nitrogens with two attached hydrogens (primary N) is 2. The highest BCUT2D eigenvalue weighted by atomic mass is 19.1. The predicted molar refractivity (Wildman–Crippen MR) is 281 cm³/mol. The standard InChI is InChI=1S/C29H30FN5O2.C29H30FN5O/c1-18-13-26(35(34-18)22-6-4-5-20(14-22)16-31)29(37)33-25-15-21(11-12-24(25)30)28(32-17-19-9-10-19)23-7-2-3-8-27(23)36;1-19-14-27(35(34-19)24-9-5-6-21(15-24)17-31)29(36)33-26-16-23(12-13-25(26)30)28(32-18-20-10-11-20)22-7-3-2-4-8-22/h2-8,11-15,19,28,32,36H,9-10,16-17,31H2,1H3,(H,33,37);2-9,12-16,20,28,32H,10-11,17-18,31H2,1H3,(H,33,36). The van der Waals surface area contributed by atoms with Crippen LogP contribution in [0.1, 0.15) is 104 Å².